The van der Waals surface area contributed by atoms with Gasteiger partial charge >= 0.3 is 0 Å². The Morgan fingerprint density at radius 2 is 2.00 bits per heavy atom. The minimum absolute atomic E-state index is 0.517. The van der Waals surface area contributed by atoms with E-state index in [1.54, 1.807) is 7.11 Å². The van der Waals surface area contributed by atoms with Crippen LogP contribution in [0.15, 0.2) is 18.2 Å². The lowest BCUT2D eigenvalue weighted by Gasteiger charge is -2.16. The van der Waals surface area contributed by atoms with Gasteiger partial charge in [-0.2, -0.15) is 0 Å². The fourth-order valence-corrected chi connectivity index (χ4v) is 3.04. The minimum atomic E-state index is -1.07. The van der Waals surface area contributed by atoms with Crippen molar-refractivity contribution >= 4 is 24.8 Å². The van der Waals surface area contributed by atoms with E-state index >= 15 is 0 Å². The molecule has 0 aliphatic heterocycles. The van der Waals surface area contributed by atoms with Crippen LogP contribution < -0.4 is 5.73 Å². The van der Waals surface area contributed by atoms with Crippen molar-refractivity contribution in [2.45, 2.75) is 38.8 Å². The predicted octanol–water partition coefficient (Wildman–Crippen LogP) is 3.12. The molecule has 0 radical (unpaired) electrons. The molecule has 6 heteroatoms. The second kappa shape index (κ2) is 7.26. The number of benzene rings is 1. The van der Waals surface area contributed by atoms with Crippen LogP contribution in [0.25, 0.3) is 11.0 Å². The van der Waals surface area contributed by atoms with Gasteiger partial charge < -0.3 is 19.8 Å². The number of imidazole rings is 1. The molecule has 0 spiro atoms. The van der Waals surface area contributed by atoms with Gasteiger partial charge in [0.15, 0.2) is 0 Å². The van der Waals surface area contributed by atoms with Crippen molar-refractivity contribution in [2.75, 3.05) is 26.1 Å². The monoisotopic (exact) mass is 321 g/mol. The molecule has 2 rings (SSSR count). The summed E-state index contributed by atoms with van der Waals surface area (Å²) in [5.74, 6) is 0.961. The van der Waals surface area contributed by atoms with E-state index < -0.39 is 8.07 Å². The van der Waals surface area contributed by atoms with E-state index in [0.29, 0.717) is 19.0 Å². The van der Waals surface area contributed by atoms with Crippen molar-refractivity contribution in [1.29, 1.82) is 0 Å². The van der Waals surface area contributed by atoms with Gasteiger partial charge in [-0.1, -0.05) is 25.7 Å². The quantitative estimate of drug-likeness (QED) is 0.461. The largest absolute Gasteiger partial charge is 0.397 e. The van der Waals surface area contributed by atoms with Gasteiger partial charge in [0.1, 0.15) is 18.1 Å². The molecule has 0 unspecified atom stereocenters. The Balaban J connectivity index is 2.16. The first-order chi connectivity index (χ1) is 10.4. The van der Waals surface area contributed by atoms with E-state index in [9.17, 15) is 0 Å². The maximum Gasteiger partial charge on any atom is 0.124 e. The summed E-state index contributed by atoms with van der Waals surface area (Å²) >= 11 is 0. The maximum atomic E-state index is 6.04. The molecule has 5 nitrogen and oxygen atoms in total. The van der Waals surface area contributed by atoms with E-state index in [1.165, 1.54) is 0 Å². The minimum Gasteiger partial charge on any atom is -0.397 e. The van der Waals surface area contributed by atoms with Crippen LogP contribution >= 0.6 is 0 Å². The lowest BCUT2D eigenvalue weighted by molar-refractivity contribution is 0.0868. The van der Waals surface area contributed by atoms with Crippen LogP contribution in [-0.4, -0.2) is 37.9 Å². The topological polar surface area (TPSA) is 62.3 Å². The number of ether oxygens (including phenoxy) is 2. The van der Waals surface area contributed by atoms with E-state index in [-0.39, 0.29) is 0 Å². The Morgan fingerprint density at radius 1 is 1.23 bits per heavy atom. The molecular formula is C16H27N3O2Si. The maximum absolute atomic E-state index is 6.04. The number of nitrogens with two attached hydrogens (primary N) is 1. The Labute approximate surface area is 133 Å². The molecule has 122 valence electrons. The first-order valence-electron chi connectivity index (χ1n) is 7.72. The standard InChI is InChI=1S/C16H27N3O2Si/c1-20-9-8-15-18-16-13(17)6-5-7-14(16)19(15)12-21-10-11-22(2,3)4/h5-7H,8-12,17H2,1-4H3. The molecule has 0 aliphatic carbocycles. The summed E-state index contributed by atoms with van der Waals surface area (Å²) in [4.78, 5) is 4.66. The van der Waals surface area contributed by atoms with Crippen molar-refractivity contribution in [3.63, 3.8) is 0 Å². The normalized spacial score (nSPS) is 12.2. The highest BCUT2D eigenvalue weighted by molar-refractivity contribution is 6.76. The number of rotatable bonds is 8. The molecule has 22 heavy (non-hydrogen) atoms. The highest BCUT2D eigenvalue weighted by Gasteiger charge is 2.14. The third kappa shape index (κ3) is 4.31. The molecule has 0 bridgehead atoms. The SMILES string of the molecule is COCCc1nc2c(N)cccc2n1COCC[Si](C)(C)C. The average molecular weight is 321 g/mol. The molecule has 0 saturated heterocycles. The Morgan fingerprint density at radius 3 is 2.68 bits per heavy atom. The van der Waals surface area contributed by atoms with Gasteiger partial charge in [0.2, 0.25) is 0 Å². The van der Waals surface area contributed by atoms with Crippen molar-refractivity contribution in [3.05, 3.63) is 24.0 Å². The highest BCUT2D eigenvalue weighted by Crippen LogP contribution is 2.22. The third-order valence-electron chi connectivity index (χ3n) is 3.64. The van der Waals surface area contributed by atoms with Gasteiger partial charge in [0.05, 0.1) is 17.8 Å². The second-order valence-electron chi connectivity index (χ2n) is 6.76. The van der Waals surface area contributed by atoms with Crippen LogP contribution in [0, 0.1) is 0 Å². The lowest BCUT2D eigenvalue weighted by atomic mass is 10.3. The molecule has 0 saturated carbocycles. The van der Waals surface area contributed by atoms with E-state index in [4.69, 9.17) is 15.2 Å². The van der Waals surface area contributed by atoms with Gasteiger partial charge in [0.25, 0.3) is 0 Å². The summed E-state index contributed by atoms with van der Waals surface area (Å²) in [7, 11) is 0.634. The van der Waals surface area contributed by atoms with Crippen LogP contribution in [0.2, 0.25) is 25.7 Å². The summed E-state index contributed by atoms with van der Waals surface area (Å²) in [6.45, 7) is 9.01. The molecule has 0 atom stereocenters. The molecule has 1 heterocycles. The molecular weight excluding hydrogens is 294 g/mol. The van der Waals surface area contributed by atoms with Crippen molar-refractivity contribution in [3.8, 4) is 0 Å². The predicted molar refractivity (Wildman–Crippen MR) is 93.8 cm³/mol. The zero-order valence-corrected chi connectivity index (χ0v) is 15.1. The number of methoxy groups -OCH3 is 1. The smallest absolute Gasteiger partial charge is 0.124 e. The van der Waals surface area contributed by atoms with E-state index in [1.807, 2.05) is 18.2 Å². The summed E-state index contributed by atoms with van der Waals surface area (Å²) in [5, 5.41) is 0. The number of nitrogen functional groups attached to an aromatic ring is 1. The fraction of sp³-hybridized carbons (Fsp3) is 0.562. The molecule has 2 aromatic rings. The number of para-hydroxylation sites is 1. The van der Waals surface area contributed by atoms with Gasteiger partial charge in [-0.25, -0.2) is 4.98 Å². The van der Waals surface area contributed by atoms with Crippen molar-refractivity contribution < 1.29 is 9.47 Å². The fourth-order valence-electron chi connectivity index (χ4n) is 2.28. The number of hydrogen-bond donors (Lipinski definition) is 1. The van der Waals surface area contributed by atoms with Crippen LogP contribution in [0.4, 0.5) is 5.69 Å². The summed E-state index contributed by atoms with van der Waals surface area (Å²) < 4.78 is 13.2. The Bertz CT molecular complexity index is 620. The van der Waals surface area contributed by atoms with Crippen molar-refractivity contribution in [2.24, 2.45) is 0 Å². The summed E-state index contributed by atoms with van der Waals surface area (Å²) in [6.07, 6.45) is 0.752. The zero-order chi connectivity index (χ0) is 16.2. The number of fused-ring (bicyclic) bond motifs is 1. The number of anilines is 1. The summed E-state index contributed by atoms with van der Waals surface area (Å²) in [5.41, 5.74) is 8.62. The number of aromatic nitrogens is 2. The highest BCUT2D eigenvalue weighted by atomic mass is 28.3. The van der Waals surface area contributed by atoms with Gasteiger partial charge in [-0.3, -0.25) is 0 Å². The van der Waals surface area contributed by atoms with E-state index in [2.05, 4.69) is 29.2 Å². The lowest BCUT2D eigenvalue weighted by Crippen LogP contribution is -2.22. The van der Waals surface area contributed by atoms with Gasteiger partial charge in [0, 0.05) is 28.2 Å². The van der Waals surface area contributed by atoms with E-state index in [0.717, 1.165) is 35.9 Å². The third-order valence-corrected chi connectivity index (χ3v) is 5.34. The molecule has 1 aromatic heterocycles. The summed E-state index contributed by atoms with van der Waals surface area (Å²) in [6, 6.07) is 7.04. The molecule has 0 amide bonds. The molecule has 1 aromatic carbocycles. The second-order valence-corrected chi connectivity index (χ2v) is 12.4. The first kappa shape index (κ1) is 17.0. The van der Waals surface area contributed by atoms with Gasteiger partial charge in [-0.05, 0) is 18.2 Å². The first-order valence-corrected chi connectivity index (χ1v) is 11.4. The Kier molecular flexibility index (Phi) is 5.61. The zero-order valence-electron chi connectivity index (χ0n) is 14.1. The van der Waals surface area contributed by atoms with Crippen LogP contribution in [-0.2, 0) is 22.6 Å². The van der Waals surface area contributed by atoms with Crippen LogP contribution in [0.1, 0.15) is 5.82 Å². The van der Waals surface area contributed by atoms with Crippen LogP contribution in [0.5, 0.6) is 0 Å². The molecule has 2 N–H and O–H groups in total. The number of hydrogen-bond acceptors (Lipinski definition) is 4. The van der Waals surface area contributed by atoms with Crippen molar-refractivity contribution in [1.82, 2.24) is 9.55 Å². The average Bonchev–Trinajstić information content (AvgIpc) is 2.80. The Hall–Kier alpha value is -1.37. The van der Waals surface area contributed by atoms with Gasteiger partial charge in [-0.15, -0.1) is 0 Å². The molecule has 0 aliphatic rings. The van der Waals surface area contributed by atoms with Crippen LogP contribution in [0.3, 0.4) is 0 Å². The number of nitrogens with zero attached hydrogens (tertiary/aromatic N) is 2. The molecule has 0 fully saturated rings.